The Labute approximate surface area is 121 Å². The summed E-state index contributed by atoms with van der Waals surface area (Å²) in [7, 11) is 1.68. The van der Waals surface area contributed by atoms with Crippen LogP contribution in [-0.2, 0) is 16.0 Å². The summed E-state index contributed by atoms with van der Waals surface area (Å²) in [4.78, 5) is 0. The van der Waals surface area contributed by atoms with E-state index in [4.69, 9.17) is 14.2 Å². The standard InChI is InChI=1S/C16H25NO3/c1-3-10-20-16-8-5-4-7-15(16)14-17-9-6-11-19-13-12-18-2/h3-5,7-8,17H,1,6,9-14H2,2H3. The van der Waals surface area contributed by atoms with Crippen LogP contribution in [0.5, 0.6) is 5.75 Å². The number of benzene rings is 1. The van der Waals surface area contributed by atoms with Crippen LogP contribution in [0.4, 0.5) is 0 Å². The molecule has 1 rings (SSSR count). The second-order valence-electron chi connectivity index (χ2n) is 4.34. The fraction of sp³-hybridized carbons (Fsp3) is 0.500. The molecule has 0 aliphatic carbocycles. The monoisotopic (exact) mass is 279 g/mol. The molecule has 0 aliphatic rings. The van der Waals surface area contributed by atoms with Crippen molar-refractivity contribution >= 4 is 0 Å². The predicted octanol–water partition coefficient (Wildman–Crippen LogP) is 2.39. The highest BCUT2D eigenvalue weighted by molar-refractivity contribution is 5.33. The van der Waals surface area contributed by atoms with Crippen LogP contribution in [0.1, 0.15) is 12.0 Å². The minimum absolute atomic E-state index is 0.532. The fourth-order valence-corrected chi connectivity index (χ4v) is 1.71. The number of methoxy groups -OCH3 is 1. The van der Waals surface area contributed by atoms with E-state index in [2.05, 4.69) is 18.0 Å². The molecule has 0 heterocycles. The number of para-hydroxylation sites is 1. The lowest BCUT2D eigenvalue weighted by Crippen LogP contribution is -2.17. The molecule has 0 saturated carbocycles. The first-order valence-electron chi connectivity index (χ1n) is 6.97. The summed E-state index contributed by atoms with van der Waals surface area (Å²) in [6.07, 6.45) is 2.74. The van der Waals surface area contributed by atoms with E-state index in [1.54, 1.807) is 13.2 Å². The van der Waals surface area contributed by atoms with Gasteiger partial charge in [-0.1, -0.05) is 30.9 Å². The van der Waals surface area contributed by atoms with Gasteiger partial charge in [-0.2, -0.15) is 0 Å². The minimum atomic E-state index is 0.532. The van der Waals surface area contributed by atoms with E-state index in [0.29, 0.717) is 19.8 Å². The lowest BCUT2D eigenvalue weighted by molar-refractivity contribution is 0.0694. The molecule has 1 aromatic rings. The summed E-state index contributed by atoms with van der Waals surface area (Å²) in [5, 5.41) is 3.39. The molecule has 1 aromatic carbocycles. The fourth-order valence-electron chi connectivity index (χ4n) is 1.71. The third-order valence-electron chi connectivity index (χ3n) is 2.72. The average Bonchev–Trinajstić information content (AvgIpc) is 2.49. The van der Waals surface area contributed by atoms with E-state index in [-0.39, 0.29) is 0 Å². The van der Waals surface area contributed by atoms with Crippen molar-refractivity contribution in [3.8, 4) is 5.75 Å². The smallest absolute Gasteiger partial charge is 0.124 e. The number of hydrogen-bond acceptors (Lipinski definition) is 4. The molecule has 0 radical (unpaired) electrons. The van der Waals surface area contributed by atoms with E-state index in [1.807, 2.05) is 18.2 Å². The molecular weight excluding hydrogens is 254 g/mol. The molecule has 4 heteroatoms. The quantitative estimate of drug-likeness (QED) is 0.471. The van der Waals surface area contributed by atoms with Crippen molar-refractivity contribution in [2.45, 2.75) is 13.0 Å². The summed E-state index contributed by atoms with van der Waals surface area (Å²) in [5.74, 6) is 0.913. The van der Waals surface area contributed by atoms with Gasteiger partial charge in [0.2, 0.25) is 0 Å². The van der Waals surface area contributed by atoms with Crippen molar-refractivity contribution in [3.05, 3.63) is 42.5 Å². The molecule has 0 aromatic heterocycles. The van der Waals surface area contributed by atoms with Crippen LogP contribution >= 0.6 is 0 Å². The molecule has 0 saturated heterocycles. The molecule has 20 heavy (non-hydrogen) atoms. The maximum Gasteiger partial charge on any atom is 0.124 e. The minimum Gasteiger partial charge on any atom is -0.489 e. The first-order valence-corrected chi connectivity index (χ1v) is 6.97. The molecule has 0 spiro atoms. The van der Waals surface area contributed by atoms with E-state index >= 15 is 0 Å². The van der Waals surface area contributed by atoms with Crippen LogP contribution in [0.25, 0.3) is 0 Å². The maximum absolute atomic E-state index is 5.61. The summed E-state index contributed by atoms with van der Waals surface area (Å²) in [6.45, 7) is 7.98. The van der Waals surface area contributed by atoms with Gasteiger partial charge in [0.25, 0.3) is 0 Å². The molecule has 0 atom stereocenters. The van der Waals surface area contributed by atoms with Crippen LogP contribution in [-0.4, -0.2) is 40.1 Å². The number of hydrogen-bond donors (Lipinski definition) is 1. The van der Waals surface area contributed by atoms with E-state index in [9.17, 15) is 0 Å². The lowest BCUT2D eigenvalue weighted by atomic mass is 10.2. The second-order valence-corrected chi connectivity index (χ2v) is 4.34. The molecule has 4 nitrogen and oxygen atoms in total. The van der Waals surface area contributed by atoms with Gasteiger partial charge in [-0.25, -0.2) is 0 Å². The highest BCUT2D eigenvalue weighted by atomic mass is 16.5. The normalized spacial score (nSPS) is 10.4. The Morgan fingerprint density at radius 3 is 2.85 bits per heavy atom. The Balaban J connectivity index is 2.16. The van der Waals surface area contributed by atoms with Gasteiger partial charge in [0, 0.05) is 25.8 Å². The summed E-state index contributed by atoms with van der Waals surface area (Å²) in [5.41, 5.74) is 1.16. The topological polar surface area (TPSA) is 39.7 Å². The Hall–Kier alpha value is -1.36. The Morgan fingerprint density at radius 1 is 1.20 bits per heavy atom. The molecule has 112 valence electrons. The van der Waals surface area contributed by atoms with Crippen molar-refractivity contribution in [2.75, 3.05) is 40.1 Å². The number of nitrogens with one attached hydrogen (secondary N) is 1. The molecule has 0 bridgehead atoms. The highest BCUT2D eigenvalue weighted by Gasteiger charge is 2.01. The zero-order valence-corrected chi connectivity index (χ0v) is 12.3. The lowest BCUT2D eigenvalue weighted by Gasteiger charge is -2.11. The SMILES string of the molecule is C=CCOc1ccccc1CNCCCOCCOC. The molecular formula is C16H25NO3. The third kappa shape index (κ3) is 7.28. The number of rotatable bonds is 12. The number of ether oxygens (including phenoxy) is 3. The summed E-state index contributed by atoms with van der Waals surface area (Å²) < 4.78 is 15.9. The third-order valence-corrected chi connectivity index (χ3v) is 2.72. The Kier molecular flexibility index (Phi) is 9.57. The van der Waals surface area contributed by atoms with Crippen molar-refractivity contribution in [1.82, 2.24) is 5.32 Å². The van der Waals surface area contributed by atoms with Crippen molar-refractivity contribution in [3.63, 3.8) is 0 Å². The van der Waals surface area contributed by atoms with E-state index in [1.165, 1.54) is 0 Å². The largest absolute Gasteiger partial charge is 0.489 e. The Bertz CT molecular complexity index is 368. The highest BCUT2D eigenvalue weighted by Crippen LogP contribution is 2.17. The van der Waals surface area contributed by atoms with Gasteiger partial charge in [0.05, 0.1) is 13.2 Å². The first kappa shape index (κ1) is 16.7. The van der Waals surface area contributed by atoms with Crippen molar-refractivity contribution in [2.24, 2.45) is 0 Å². The van der Waals surface area contributed by atoms with Gasteiger partial charge in [-0.05, 0) is 19.0 Å². The van der Waals surface area contributed by atoms with Gasteiger partial charge in [-0.3, -0.25) is 0 Å². The van der Waals surface area contributed by atoms with Crippen molar-refractivity contribution < 1.29 is 14.2 Å². The van der Waals surface area contributed by atoms with E-state index in [0.717, 1.165) is 37.4 Å². The summed E-state index contributed by atoms with van der Waals surface area (Å²) in [6, 6.07) is 8.05. The summed E-state index contributed by atoms with van der Waals surface area (Å²) >= 11 is 0. The van der Waals surface area contributed by atoms with Gasteiger partial charge in [0.15, 0.2) is 0 Å². The van der Waals surface area contributed by atoms with Gasteiger partial charge in [0.1, 0.15) is 12.4 Å². The zero-order chi connectivity index (χ0) is 14.5. The molecule has 0 unspecified atom stereocenters. The van der Waals surface area contributed by atoms with Crippen LogP contribution < -0.4 is 10.1 Å². The Morgan fingerprint density at radius 2 is 2.05 bits per heavy atom. The molecule has 0 fully saturated rings. The van der Waals surface area contributed by atoms with Crippen LogP contribution in [0.2, 0.25) is 0 Å². The van der Waals surface area contributed by atoms with E-state index < -0.39 is 0 Å². The molecule has 1 N–H and O–H groups in total. The average molecular weight is 279 g/mol. The zero-order valence-electron chi connectivity index (χ0n) is 12.3. The maximum atomic E-state index is 5.61. The van der Waals surface area contributed by atoms with Crippen LogP contribution in [0.3, 0.4) is 0 Å². The van der Waals surface area contributed by atoms with Crippen LogP contribution in [0, 0.1) is 0 Å². The van der Waals surface area contributed by atoms with Gasteiger partial charge >= 0.3 is 0 Å². The predicted molar refractivity (Wildman–Crippen MR) is 81.2 cm³/mol. The van der Waals surface area contributed by atoms with Gasteiger partial charge < -0.3 is 19.5 Å². The molecule has 0 aliphatic heterocycles. The van der Waals surface area contributed by atoms with Gasteiger partial charge in [-0.15, -0.1) is 0 Å². The second kappa shape index (κ2) is 11.5. The van der Waals surface area contributed by atoms with Crippen molar-refractivity contribution in [1.29, 1.82) is 0 Å². The molecule has 0 amide bonds. The first-order chi connectivity index (χ1) is 9.88. The van der Waals surface area contributed by atoms with Crippen LogP contribution in [0.15, 0.2) is 36.9 Å².